The molecule has 0 atom stereocenters. The molecule has 1 aliphatic rings. The van der Waals surface area contributed by atoms with Gasteiger partial charge in [0.05, 0.1) is 29.9 Å². The summed E-state index contributed by atoms with van der Waals surface area (Å²) in [5, 5.41) is 0.486. The third-order valence-corrected chi connectivity index (χ3v) is 8.08. The molecule has 0 spiro atoms. The largest absolute Gasteiger partial charge is 0.337 e. The van der Waals surface area contributed by atoms with Gasteiger partial charge >= 0.3 is 5.69 Å². The first-order valence-corrected chi connectivity index (χ1v) is 12.7. The van der Waals surface area contributed by atoms with Gasteiger partial charge in [0.15, 0.2) is 0 Å². The molecule has 1 aromatic carbocycles. The lowest BCUT2D eigenvalue weighted by atomic mass is 10.1. The van der Waals surface area contributed by atoms with E-state index in [0.29, 0.717) is 46.8 Å². The zero-order valence-electron chi connectivity index (χ0n) is 20.3. The quantitative estimate of drug-likeness (QED) is 0.369. The Morgan fingerprint density at radius 2 is 1.84 bits per heavy atom. The molecule has 1 aliphatic heterocycles. The van der Waals surface area contributed by atoms with Gasteiger partial charge in [-0.05, 0) is 43.2 Å². The van der Waals surface area contributed by atoms with Gasteiger partial charge in [0.2, 0.25) is 5.91 Å². The van der Waals surface area contributed by atoms with Gasteiger partial charge in [-0.15, -0.1) is 11.3 Å². The SMILES string of the molecule is CC(=O)N1CCc2c(sc3c2c(=O)n(-c2ccccc2)c(=O)n3Cc2cc(=O)n3c(C)cccc3n2)C1. The van der Waals surface area contributed by atoms with Crippen LogP contribution >= 0.6 is 11.3 Å². The van der Waals surface area contributed by atoms with Gasteiger partial charge < -0.3 is 4.90 Å². The minimum Gasteiger partial charge on any atom is -0.337 e. The maximum Gasteiger partial charge on any atom is 0.337 e. The van der Waals surface area contributed by atoms with E-state index in [1.807, 2.05) is 25.1 Å². The van der Waals surface area contributed by atoms with Crippen molar-refractivity contribution in [3.63, 3.8) is 0 Å². The molecule has 0 fully saturated rings. The van der Waals surface area contributed by atoms with E-state index in [-0.39, 0.29) is 23.6 Å². The summed E-state index contributed by atoms with van der Waals surface area (Å²) >= 11 is 1.35. The van der Waals surface area contributed by atoms with E-state index in [1.165, 1.54) is 37.9 Å². The molecule has 5 aromatic rings. The van der Waals surface area contributed by atoms with E-state index in [9.17, 15) is 19.2 Å². The Labute approximate surface area is 214 Å². The highest BCUT2D eigenvalue weighted by Gasteiger charge is 2.27. The summed E-state index contributed by atoms with van der Waals surface area (Å²) in [5.74, 6) is -0.0293. The van der Waals surface area contributed by atoms with Crippen molar-refractivity contribution in [2.45, 2.75) is 33.4 Å². The number of hydrogen-bond donors (Lipinski definition) is 0. The monoisotopic (exact) mass is 513 g/mol. The summed E-state index contributed by atoms with van der Waals surface area (Å²) in [5.41, 5.74) is 1.91. The highest BCUT2D eigenvalue weighted by molar-refractivity contribution is 7.18. The van der Waals surface area contributed by atoms with Crippen molar-refractivity contribution >= 4 is 33.1 Å². The topological polar surface area (TPSA) is 98.7 Å². The zero-order valence-corrected chi connectivity index (χ0v) is 21.1. The van der Waals surface area contributed by atoms with Gasteiger partial charge in [-0.1, -0.05) is 24.3 Å². The molecular weight excluding hydrogens is 490 g/mol. The molecule has 37 heavy (non-hydrogen) atoms. The van der Waals surface area contributed by atoms with Gasteiger partial charge in [0.25, 0.3) is 11.1 Å². The number of thiophene rings is 1. The molecule has 0 radical (unpaired) electrons. The highest BCUT2D eigenvalue weighted by atomic mass is 32.1. The summed E-state index contributed by atoms with van der Waals surface area (Å²) in [4.78, 5) is 60.4. The van der Waals surface area contributed by atoms with Crippen molar-refractivity contribution in [2.24, 2.45) is 0 Å². The Bertz CT molecular complexity index is 1900. The third-order valence-electron chi connectivity index (χ3n) is 6.84. The van der Waals surface area contributed by atoms with Crippen LogP contribution in [-0.4, -0.2) is 35.9 Å². The second-order valence-corrected chi connectivity index (χ2v) is 10.2. The predicted molar refractivity (Wildman–Crippen MR) is 142 cm³/mol. The van der Waals surface area contributed by atoms with Gasteiger partial charge in [-0.25, -0.2) is 14.3 Å². The lowest BCUT2D eigenvalue weighted by Crippen LogP contribution is -2.39. The van der Waals surface area contributed by atoms with Crippen LogP contribution in [0.3, 0.4) is 0 Å². The van der Waals surface area contributed by atoms with Crippen LogP contribution in [0.5, 0.6) is 0 Å². The van der Waals surface area contributed by atoms with Gasteiger partial charge in [0.1, 0.15) is 10.5 Å². The van der Waals surface area contributed by atoms with E-state index in [1.54, 1.807) is 35.2 Å². The summed E-state index contributed by atoms with van der Waals surface area (Å²) < 4.78 is 4.23. The molecule has 0 aliphatic carbocycles. The number of rotatable bonds is 3. The van der Waals surface area contributed by atoms with E-state index in [2.05, 4.69) is 4.98 Å². The first-order chi connectivity index (χ1) is 17.8. The van der Waals surface area contributed by atoms with Crippen LogP contribution in [0.1, 0.15) is 28.8 Å². The maximum atomic E-state index is 13.9. The molecule has 9 nitrogen and oxygen atoms in total. The maximum absolute atomic E-state index is 13.9. The minimum absolute atomic E-state index is 0.0257. The molecule has 0 saturated carbocycles. The second-order valence-electron chi connectivity index (χ2n) is 9.17. The fourth-order valence-electron chi connectivity index (χ4n) is 5.03. The first kappa shape index (κ1) is 23.1. The number of nitrogens with zero attached hydrogens (tertiary/aromatic N) is 5. The summed E-state index contributed by atoms with van der Waals surface area (Å²) in [6.07, 6.45) is 0.534. The van der Waals surface area contributed by atoms with Gasteiger partial charge in [0, 0.05) is 30.1 Å². The van der Waals surface area contributed by atoms with E-state index < -0.39 is 5.69 Å². The van der Waals surface area contributed by atoms with Crippen LogP contribution in [0.4, 0.5) is 0 Å². The van der Waals surface area contributed by atoms with Gasteiger partial charge in [-0.2, -0.15) is 0 Å². The van der Waals surface area contributed by atoms with Crippen molar-refractivity contribution < 1.29 is 4.79 Å². The molecule has 0 bridgehead atoms. The molecule has 0 unspecified atom stereocenters. The van der Waals surface area contributed by atoms with E-state index in [0.717, 1.165) is 16.1 Å². The smallest absolute Gasteiger partial charge is 0.337 e. The number of hydrogen-bond acceptors (Lipinski definition) is 6. The van der Waals surface area contributed by atoms with Crippen LogP contribution in [0.25, 0.3) is 21.6 Å². The van der Waals surface area contributed by atoms with Crippen molar-refractivity contribution in [1.82, 2.24) is 23.4 Å². The van der Waals surface area contributed by atoms with Gasteiger partial charge in [-0.3, -0.25) is 23.4 Å². The van der Waals surface area contributed by atoms with Crippen molar-refractivity contribution in [3.8, 4) is 5.69 Å². The number of para-hydroxylation sites is 1. The van der Waals surface area contributed by atoms with E-state index in [4.69, 9.17) is 0 Å². The van der Waals surface area contributed by atoms with Crippen LogP contribution in [0, 0.1) is 6.92 Å². The Morgan fingerprint density at radius 3 is 2.59 bits per heavy atom. The number of carbonyl (C=O) groups excluding carboxylic acids is 1. The normalized spacial score (nSPS) is 13.3. The minimum atomic E-state index is -0.503. The number of aryl methyl sites for hydroxylation is 1. The van der Waals surface area contributed by atoms with Crippen LogP contribution in [0.15, 0.2) is 69.0 Å². The standard InChI is InChI=1S/C27H23N5O4S/c1-16-7-6-10-22-28-18(13-23(34)31(16)22)14-30-26-24(20-11-12-29(17(2)33)15-21(20)37-26)25(35)32(27(30)36)19-8-4-3-5-9-19/h3-10,13H,11-12,14-15H2,1-2H3. The molecule has 186 valence electrons. The summed E-state index contributed by atoms with van der Waals surface area (Å²) in [6, 6.07) is 15.7. The number of carbonyl (C=O) groups is 1. The lowest BCUT2D eigenvalue weighted by molar-refractivity contribution is -0.129. The molecule has 5 heterocycles. The molecular formula is C27H23N5O4S. The van der Waals surface area contributed by atoms with Crippen LogP contribution in [-0.2, 0) is 24.3 Å². The molecule has 0 saturated heterocycles. The molecule has 0 N–H and O–H groups in total. The summed E-state index contributed by atoms with van der Waals surface area (Å²) in [6.45, 7) is 4.30. The highest BCUT2D eigenvalue weighted by Crippen LogP contribution is 2.33. The molecule has 1 amide bonds. The van der Waals surface area contributed by atoms with E-state index >= 15 is 0 Å². The second kappa shape index (κ2) is 8.67. The fourth-order valence-corrected chi connectivity index (χ4v) is 6.37. The third kappa shape index (κ3) is 3.72. The molecule has 6 rings (SSSR count). The lowest BCUT2D eigenvalue weighted by Gasteiger charge is -2.25. The van der Waals surface area contributed by atoms with Crippen molar-refractivity contribution in [1.29, 1.82) is 0 Å². The Kier molecular flexibility index (Phi) is 5.41. The number of amides is 1. The number of aromatic nitrogens is 4. The average Bonchev–Trinajstić information content (AvgIpc) is 3.26. The Hall–Kier alpha value is -4.31. The number of pyridine rings is 1. The number of fused-ring (bicyclic) bond motifs is 4. The average molecular weight is 514 g/mol. The Morgan fingerprint density at radius 1 is 1.05 bits per heavy atom. The fraction of sp³-hybridized carbons (Fsp3) is 0.222. The zero-order chi connectivity index (χ0) is 25.8. The van der Waals surface area contributed by atoms with Crippen LogP contribution < -0.4 is 16.8 Å². The molecule has 4 aromatic heterocycles. The number of benzene rings is 1. The summed E-state index contributed by atoms with van der Waals surface area (Å²) in [7, 11) is 0. The van der Waals surface area contributed by atoms with Crippen molar-refractivity contribution in [3.05, 3.63) is 108 Å². The van der Waals surface area contributed by atoms with Crippen LogP contribution in [0.2, 0.25) is 0 Å². The predicted octanol–water partition coefficient (Wildman–Crippen LogP) is 2.48. The Balaban J connectivity index is 1.62. The van der Waals surface area contributed by atoms with Crippen molar-refractivity contribution in [2.75, 3.05) is 6.54 Å². The molecule has 10 heteroatoms. The first-order valence-electron chi connectivity index (χ1n) is 11.9.